The van der Waals surface area contributed by atoms with Crippen molar-refractivity contribution in [2.75, 3.05) is 31.2 Å². The first-order valence-electron chi connectivity index (χ1n) is 8.77. The topological polar surface area (TPSA) is 58.0 Å². The molecule has 0 radical (unpaired) electrons. The van der Waals surface area contributed by atoms with E-state index in [2.05, 4.69) is 41.5 Å². The smallest absolute Gasteiger partial charge is 0.301 e. The molecular formula is C19H23N3O3. The lowest BCUT2D eigenvalue weighted by atomic mass is 10.1. The molecule has 0 unspecified atom stereocenters. The number of carbonyl (C=O) groups excluding carboxylic acids is 1. The van der Waals surface area contributed by atoms with Crippen molar-refractivity contribution in [1.29, 1.82) is 0 Å². The van der Waals surface area contributed by atoms with Gasteiger partial charge in [0.15, 0.2) is 5.76 Å². The molecule has 1 amide bonds. The number of nitrogens with one attached hydrogen (secondary N) is 1. The third-order valence-corrected chi connectivity index (χ3v) is 4.91. The molecule has 1 aromatic heterocycles. The Kier molecular flexibility index (Phi) is 4.46. The zero-order chi connectivity index (χ0) is 17.2. The fraction of sp³-hybridized carbons (Fsp3) is 0.421. The molecule has 2 aliphatic rings. The summed E-state index contributed by atoms with van der Waals surface area (Å²) in [4.78, 5) is 14.9. The average Bonchev–Trinajstić information content (AvgIpc) is 3.21. The number of benzene rings is 1. The van der Waals surface area contributed by atoms with Crippen LogP contribution in [0.15, 0.2) is 41.0 Å². The first-order valence-corrected chi connectivity index (χ1v) is 8.77. The van der Waals surface area contributed by atoms with Gasteiger partial charge in [0.25, 0.3) is 0 Å². The van der Waals surface area contributed by atoms with Crippen LogP contribution in [0.1, 0.15) is 28.6 Å². The highest BCUT2D eigenvalue weighted by atomic mass is 16.5. The number of hydrogen-bond acceptors (Lipinski definition) is 5. The lowest BCUT2D eigenvalue weighted by Crippen LogP contribution is -2.48. The SMILES string of the molecule is C[C@@H]1Cc2ccccc2N1Cc1ccoc1C(=O)NN1CCOCC1. The maximum absolute atomic E-state index is 12.6. The summed E-state index contributed by atoms with van der Waals surface area (Å²) in [5, 5.41) is 1.88. The fourth-order valence-corrected chi connectivity index (χ4v) is 3.58. The highest BCUT2D eigenvalue weighted by Gasteiger charge is 2.28. The molecule has 1 atom stereocenters. The van der Waals surface area contributed by atoms with Gasteiger partial charge < -0.3 is 14.1 Å². The summed E-state index contributed by atoms with van der Waals surface area (Å²) >= 11 is 0. The Balaban J connectivity index is 1.49. The molecule has 2 aromatic rings. The van der Waals surface area contributed by atoms with Gasteiger partial charge in [0.1, 0.15) is 0 Å². The molecule has 0 spiro atoms. The van der Waals surface area contributed by atoms with Crippen LogP contribution in [0.4, 0.5) is 5.69 Å². The van der Waals surface area contributed by atoms with E-state index in [0.29, 0.717) is 44.7 Å². The molecule has 0 saturated carbocycles. The zero-order valence-corrected chi connectivity index (χ0v) is 14.4. The second-order valence-electron chi connectivity index (χ2n) is 6.63. The normalized spacial score (nSPS) is 20.5. The van der Waals surface area contributed by atoms with Gasteiger partial charge in [-0.25, -0.2) is 5.01 Å². The summed E-state index contributed by atoms with van der Waals surface area (Å²) in [5.74, 6) is 0.199. The number of rotatable bonds is 4. The zero-order valence-electron chi connectivity index (χ0n) is 14.4. The Hall–Kier alpha value is -2.31. The molecule has 3 heterocycles. The Morgan fingerprint density at radius 3 is 2.88 bits per heavy atom. The van der Waals surface area contributed by atoms with E-state index in [9.17, 15) is 4.79 Å². The second-order valence-corrected chi connectivity index (χ2v) is 6.63. The fourth-order valence-electron chi connectivity index (χ4n) is 3.58. The van der Waals surface area contributed by atoms with Gasteiger partial charge in [-0.15, -0.1) is 0 Å². The van der Waals surface area contributed by atoms with E-state index in [1.54, 1.807) is 6.26 Å². The van der Waals surface area contributed by atoms with Crippen LogP contribution in [0.3, 0.4) is 0 Å². The standard InChI is InChI=1S/C19H23N3O3/c1-14-12-15-4-2-3-5-17(15)22(14)13-16-6-9-25-18(16)19(23)20-21-7-10-24-11-8-21/h2-6,9,14H,7-8,10-13H2,1H3,(H,20,23)/t14-/m1/s1. The van der Waals surface area contributed by atoms with Crippen LogP contribution in [0.25, 0.3) is 0 Å². The molecule has 4 rings (SSSR count). The molecule has 1 saturated heterocycles. The first-order chi connectivity index (χ1) is 12.2. The minimum absolute atomic E-state index is 0.193. The molecule has 1 N–H and O–H groups in total. The average molecular weight is 341 g/mol. The Morgan fingerprint density at radius 2 is 2.04 bits per heavy atom. The molecular weight excluding hydrogens is 318 g/mol. The van der Waals surface area contributed by atoms with E-state index in [1.807, 2.05) is 11.1 Å². The monoisotopic (exact) mass is 341 g/mol. The van der Waals surface area contributed by atoms with Crippen LogP contribution in [0, 0.1) is 0 Å². The van der Waals surface area contributed by atoms with E-state index < -0.39 is 0 Å². The number of anilines is 1. The number of morpholine rings is 1. The lowest BCUT2D eigenvalue weighted by molar-refractivity contribution is 0.0117. The van der Waals surface area contributed by atoms with Gasteiger partial charge >= 0.3 is 5.91 Å². The Labute approximate surface area is 147 Å². The van der Waals surface area contributed by atoms with E-state index in [1.165, 1.54) is 11.3 Å². The molecule has 1 aromatic carbocycles. The molecule has 0 bridgehead atoms. The Bertz CT molecular complexity index is 752. The third-order valence-electron chi connectivity index (χ3n) is 4.91. The maximum atomic E-state index is 12.6. The van der Waals surface area contributed by atoms with Crippen molar-refractivity contribution >= 4 is 11.6 Å². The van der Waals surface area contributed by atoms with E-state index in [4.69, 9.17) is 9.15 Å². The molecule has 6 heteroatoms. The molecule has 132 valence electrons. The number of hydrogen-bond donors (Lipinski definition) is 1. The summed E-state index contributed by atoms with van der Waals surface area (Å²) in [6.45, 7) is 5.53. The highest BCUT2D eigenvalue weighted by molar-refractivity contribution is 5.92. The van der Waals surface area contributed by atoms with Crippen molar-refractivity contribution in [3.8, 4) is 0 Å². The minimum atomic E-state index is -0.193. The minimum Gasteiger partial charge on any atom is -0.459 e. The Morgan fingerprint density at radius 1 is 1.24 bits per heavy atom. The van der Waals surface area contributed by atoms with Crippen molar-refractivity contribution in [3.63, 3.8) is 0 Å². The second kappa shape index (κ2) is 6.90. The molecule has 6 nitrogen and oxygen atoms in total. The van der Waals surface area contributed by atoms with Gasteiger partial charge in [0, 0.05) is 36.9 Å². The summed E-state index contributed by atoms with van der Waals surface area (Å²) in [5.41, 5.74) is 6.44. The van der Waals surface area contributed by atoms with Crippen molar-refractivity contribution in [1.82, 2.24) is 10.4 Å². The van der Waals surface area contributed by atoms with Crippen LogP contribution in [-0.4, -0.2) is 43.3 Å². The number of para-hydroxylation sites is 1. The number of ether oxygens (including phenoxy) is 1. The van der Waals surface area contributed by atoms with Gasteiger partial charge in [0.05, 0.1) is 19.5 Å². The summed E-state index contributed by atoms with van der Waals surface area (Å²) in [6, 6.07) is 10.8. The predicted molar refractivity (Wildman–Crippen MR) is 94.4 cm³/mol. The van der Waals surface area contributed by atoms with Gasteiger partial charge in [-0.2, -0.15) is 0 Å². The molecule has 2 aliphatic heterocycles. The number of fused-ring (bicyclic) bond motifs is 1. The predicted octanol–water partition coefficient (Wildman–Crippen LogP) is 2.21. The molecule has 25 heavy (non-hydrogen) atoms. The number of hydrazine groups is 1. The van der Waals surface area contributed by atoms with Gasteiger partial charge in [-0.05, 0) is 31.0 Å². The largest absolute Gasteiger partial charge is 0.459 e. The maximum Gasteiger partial charge on any atom is 0.301 e. The lowest BCUT2D eigenvalue weighted by Gasteiger charge is -2.27. The van der Waals surface area contributed by atoms with E-state index in [0.717, 1.165) is 12.0 Å². The van der Waals surface area contributed by atoms with Crippen LogP contribution in [0.5, 0.6) is 0 Å². The molecule has 0 aliphatic carbocycles. The number of amides is 1. The first kappa shape index (κ1) is 16.2. The number of carbonyl (C=O) groups is 1. The van der Waals surface area contributed by atoms with Crippen molar-refractivity contribution in [3.05, 3.63) is 53.5 Å². The molecule has 1 fully saturated rings. The number of furan rings is 1. The van der Waals surface area contributed by atoms with Crippen molar-refractivity contribution in [2.24, 2.45) is 0 Å². The summed E-state index contributed by atoms with van der Waals surface area (Å²) in [6.07, 6.45) is 2.62. The quantitative estimate of drug-likeness (QED) is 0.924. The van der Waals surface area contributed by atoms with Crippen LogP contribution < -0.4 is 10.3 Å². The highest BCUT2D eigenvalue weighted by Crippen LogP contribution is 2.33. The summed E-state index contributed by atoms with van der Waals surface area (Å²) in [7, 11) is 0. The van der Waals surface area contributed by atoms with Gasteiger partial charge in [0.2, 0.25) is 0 Å². The third kappa shape index (κ3) is 3.27. The van der Waals surface area contributed by atoms with Gasteiger partial charge in [-0.3, -0.25) is 10.2 Å². The van der Waals surface area contributed by atoms with Crippen LogP contribution in [-0.2, 0) is 17.7 Å². The van der Waals surface area contributed by atoms with Crippen LogP contribution >= 0.6 is 0 Å². The van der Waals surface area contributed by atoms with Crippen molar-refractivity contribution < 1.29 is 13.9 Å². The van der Waals surface area contributed by atoms with Gasteiger partial charge in [-0.1, -0.05) is 18.2 Å². The van der Waals surface area contributed by atoms with E-state index >= 15 is 0 Å². The van der Waals surface area contributed by atoms with Crippen LogP contribution in [0.2, 0.25) is 0 Å². The summed E-state index contributed by atoms with van der Waals surface area (Å²) < 4.78 is 10.8. The number of nitrogens with zero attached hydrogens (tertiary/aromatic N) is 2. The van der Waals surface area contributed by atoms with Crippen molar-refractivity contribution in [2.45, 2.75) is 25.9 Å². The van der Waals surface area contributed by atoms with E-state index in [-0.39, 0.29) is 5.91 Å².